The average Bonchev–Trinajstić information content (AvgIpc) is 2.66. The number of rotatable bonds is 14. The van der Waals surface area contributed by atoms with Gasteiger partial charge in [-0.25, -0.2) is 0 Å². The van der Waals surface area contributed by atoms with E-state index in [1.807, 2.05) is 6.92 Å². The third kappa shape index (κ3) is 8.02. The van der Waals surface area contributed by atoms with Crippen LogP contribution in [0.2, 0.25) is 13.3 Å². The van der Waals surface area contributed by atoms with Crippen LogP contribution in [0.15, 0.2) is 24.3 Å². The van der Waals surface area contributed by atoms with Crippen LogP contribution < -0.4 is 3.58 Å². The van der Waals surface area contributed by atoms with Gasteiger partial charge in [-0.1, -0.05) is 0 Å². The van der Waals surface area contributed by atoms with E-state index in [-0.39, 0.29) is 5.97 Å². The summed E-state index contributed by atoms with van der Waals surface area (Å²) in [6, 6.07) is 9.32. The minimum absolute atomic E-state index is 0.0735. The van der Waals surface area contributed by atoms with Crippen molar-refractivity contribution >= 4 is 27.9 Å². The first-order valence-electron chi connectivity index (χ1n) is 10.9. The first-order chi connectivity index (χ1) is 12.6. The van der Waals surface area contributed by atoms with Gasteiger partial charge in [0.15, 0.2) is 0 Å². The average molecular weight is 467 g/mol. The summed E-state index contributed by atoms with van der Waals surface area (Å²) in [5, 5.41) is 0. The minimum atomic E-state index is -2.36. The Balaban J connectivity index is 3.02. The van der Waals surface area contributed by atoms with Gasteiger partial charge in [-0.05, 0) is 0 Å². The molecule has 0 saturated carbocycles. The fourth-order valence-corrected chi connectivity index (χ4v) is 20.0. The fraction of sp³-hybridized carbons (Fsp3) is 0.696. The maximum absolute atomic E-state index is 11.7. The molecule has 0 fully saturated rings. The van der Waals surface area contributed by atoms with Crippen LogP contribution in [0.1, 0.15) is 78.2 Å². The topological polar surface area (TPSA) is 26.3 Å². The van der Waals surface area contributed by atoms with E-state index in [1.54, 1.807) is 3.58 Å². The molecule has 0 radical (unpaired) electrons. The molecule has 148 valence electrons. The number of esters is 1. The summed E-state index contributed by atoms with van der Waals surface area (Å²) in [5.74, 6) is -0.0735. The van der Waals surface area contributed by atoms with Crippen molar-refractivity contribution in [3.8, 4) is 0 Å². The van der Waals surface area contributed by atoms with Crippen molar-refractivity contribution in [3.63, 3.8) is 0 Å². The van der Waals surface area contributed by atoms with Crippen LogP contribution in [0.5, 0.6) is 0 Å². The number of aryl methyl sites for hydroxylation is 1. The van der Waals surface area contributed by atoms with E-state index in [0.717, 1.165) is 6.42 Å². The van der Waals surface area contributed by atoms with Gasteiger partial charge in [-0.3, -0.25) is 0 Å². The Morgan fingerprint density at radius 2 is 1.50 bits per heavy atom. The van der Waals surface area contributed by atoms with Crippen molar-refractivity contribution in [1.82, 2.24) is 0 Å². The van der Waals surface area contributed by atoms with E-state index in [1.165, 1.54) is 57.4 Å². The van der Waals surface area contributed by atoms with E-state index in [0.29, 0.717) is 13.0 Å². The molecule has 26 heavy (non-hydrogen) atoms. The van der Waals surface area contributed by atoms with Crippen LogP contribution >= 0.6 is 0 Å². The molecule has 0 unspecified atom stereocenters. The molecule has 0 aliphatic heterocycles. The van der Waals surface area contributed by atoms with Gasteiger partial charge in [-0.15, -0.1) is 0 Å². The van der Waals surface area contributed by atoms with Crippen LogP contribution in [0.25, 0.3) is 0 Å². The second-order valence-electron chi connectivity index (χ2n) is 7.60. The normalized spacial score (nSPS) is 11.5. The Morgan fingerprint density at radius 3 is 2.00 bits per heavy atom. The zero-order valence-corrected chi connectivity index (χ0v) is 20.5. The van der Waals surface area contributed by atoms with Crippen LogP contribution in [0.4, 0.5) is 0 Å². The van der Waals surface area contributed by atoms with Gasteiger partial charge in [0.1, 0.15) is 0 Å². The van der Waals surface area contributed by atoms with Gasteiger partial charge < -0.3 is 0 Å². The Hall–Kier alpha value is -0.511. The molecule has 0 spiro atoms. The number of hydrogen-bond donors (Lipinski definition) is 0. The molecule has 1 aromatic rings. The molecule has 0 heterocycles. The molecule has 2 nitrogen and oxygen atoms in total. The third-order valence-electron chi connectivity index (χ3n) is 5.49. The van der Waals surface area contributed by atoms with Crippen molar-refractivity contribution in [1.29, 1.82) is 0 Å². The fourth-order valence-electron chi connectivity index (χ4n) is 3.89. The number of carbonyl (C=O) groups is 1. The van der Waals surface area contributed by atoms with E-state index in [2.05, 4.69) is 45.0 Å². The quantitative estimate of drug-likeness (QED) is 0.239. The number of benzene rings is 1. The van der Waals surface area contributed by atoms with Crippen molar-refractivity contribution < 1.29 is 9.53 Å². The SMILES string of the molecule is CCC[CH2][Sn]([CH2]CCC)([CH2]CCC)[c]1cccc(CCC(=O)OCC)c1. The molecule has 0 aliphatic carbocycles. The molecule has 0 amide bonds. The van der Waals surface area contributed by atoms with Crippen LogP contribution in [-0.4, -0.2) is 31.0 Å². The predicted octanol–water partition coefficient (Wildman–Crippen LogP) is 6.24. The van der Waals surface area contributed by atoms with Crippen molar-refractivity contribution in [2.24, 2.45) is 0 Å². The molecular weight excluding hydrogens is 427 g/mol. The molecule has 0 aliphatic rings. The molecule has 1 aromatic carbocycles. The Kier molecular flexibility index (Phi) is 12.3. The summed E-state index contributed by atoms with van der Waals surface area (Å²) in [6.07, 6.45) is 9.38. The zero-order valence-electron chi connectivity index (χ0n) is 17.6. The van der Waals surface area contributed by atoms with Gasteiger partial charge in [-0.2, -0.15) is 0 Å². The molecule has 3 heteroatoms. The summed E-state index contributed by atoms with van der Waals surface area (Å²) in [4.78, 5) is 11.7. The van der Waals surface area contributed by atoms with E-state index in [4.69, 9.17) is 4.74 Å². The number of unbranched alkanes of at least 4 members (excludes halogenated alkanes) is 3. The van der Waals surface area contributed by atoms with Gasteiger partial charge in [0.25, 0.3) is 0 Å². The molecular formula is C23H40O2Sn. The van der Waals surface area contributed by atoms with Gasteiger partial charge in [0, 0.05) is 0 Å². The van der Waals surface area contributed by atoms with Gasteiger partial charge >= 0.3 is 166 Å². The summed E-state index contributed by atoms with van der Waals surface area (Å²) in [5.41, 5.74) is 1.32. The molecule has 0 aromatic heterocycles. The second kappa shape index (κ2) is 13.6. The van der Waals surface area contributed by atoms with Crippen molar-refractivity contribution in [2.45, 2.75) is 92.4 Å². The Morgan fingerprint density at radius 1 is 0.923 bits per heavy atom. The molecule has 0 N–H and O–H groups in total. The Bertz CT molecular complexity index is 491. The standard InChI is InChI=1S/C11H13O2.3C4H9.Sn/c1-2-13-11(12)9-8-10-6-4-3-5-7-10;3*1-3-4-2;/h3-4,6-7H,2,8-9H2,1H3;3*1,3-4H2,2H3;. The maximum atomic E-state index is 11.7. The molecule has 0 saturated heterocycles. The van der Waals surface area contributed by atoms with Gasteiger partial charge in [0.05, 0.1) is 0 Å². The van der Waals surface area contributed by atoms with Gasteiger partial charge in [0.2, 0.25) is 0 Å². The summed E-state index contributed by atoms with van der Waals surface area (Å²) >= 11 is -2.36. The number of ether oxygens (including phenoxy) is 1. The summed E-state index contributed by atoms with van der Waals surface area (Å²) in [7, 11) is 0. The van der Waals surface area contributed by atoms with Crippen molar-refractivity contribution in [2.75, 3.05) is 6.61 Å². The third-order valence-corrected chi connectivity index (χ3v) is 21.1. The van der Waals surface area contributed by atoms with Crippen LogP contribution in [0, 0.1) is 0 Å². The summed E-state index contributed by atoms with van der Waals surface area (Å²) in [6.45, 7) is 9.32. The first-order valence-corrected chi connectivity index (χ1v) is 18.3. The monoisotopic (exact) mass is 468 g/mol. The predicted molar refractivity (Wildman–Crippen MR) is 116 cm³/mol. The van der Waals surface area contributed by atoms with E-state index in [9.17, 15) is 4.79 Å². The molecule has 1 rings (SSSR count). The Labute approximate surface area is 166 Å². The number of hydrogen-bond acceptors (Lipinski definition) is 2. The zero-order chi connectivity index (χ0) is 19.3. The number of carbonyl (C=O) groups excluding carboxylic acids is 1. The van der Waals surface area contributed by atoms with Crippen molar-refractivity contribution in [3.05, 3.63) is 29.8 Å². The van der Waals surface area contributed by atoms with E-state index >= 15 is 0 Å². The molecule has 0 atom stereocenters. The van der Waals surface area contributed by atoms with E-state index < -0.39 is 18.4 Å². The van der Waals surface area contributed by atoms with Crippen LogP contribution in [-0.2, 0) is 16.0 Å². The van der Waals surface area contributed by atoms with Crippen LogP contribution in [0.3, 0.4) is 0 Å². The second-order valence-corrected chi connectivity index (χ2v) is 20.8. The summed E-state index contributed by atoms with van der Waals surface area (Å²) < 4.78 is 11.3. The first kappa shape index (κ1) is 23.5. The molecule has 0 bridgehead atoms.